The van der Waals surface area contributed by atoms with Crippen molar-refractivity contribution in [2.75, 3.05) is 25.6 Å². The van der Waals surface area contributed by atoms with Crippen LogP contribution in [0.2, 0.25) is 0 Å². The zero-order valence-corrected chi connectivity index (χ0v) is 19.2. The molecule has 4 atom stereocenters. The molecule has 4 aliphatic rings. The number of pyridine rings is 1. The van der Waals surface area contributed by atoms with Crippen molar-refractivity contribution >= 4 is 17.4 Å². The molecule has 6 rings (SSSR count). The van der Waals surface area contributed by atoms with Gasteiger partial charge >= 0.3 is 0 Å². The smallest absolute Gasteiger partial charge is 0.257 e. The number of halogens is 1. The lowest BCUT2D eigenvalue weighted by Gasteiger charge is -2.32. The molecule has 10 nitrogen and oxygen atoms in total. The fourth-order valence-corrected chi connectivity index (χ4v) is 4.87. The van der Waals surface area contributed by atoms with E-state index in [1.54, 1.807) is 17.8 Å². The highest BCUT2D eigenvalue weighted by atomic mass is 19.1. The summed E-state index contributed by atoms with van der Waals surface area (Å²) < 4.78 is 23.4. The van der Waals surface area contributed by atoms with E-state index >= 15 is 0 Å². The minimum atomic E-state index is -1.10. The van der Waals surface area contributed by atoms with Gasteiger partial charge in [-0.25, -0.2) is 14.4 Å². The molecule has 182 valence electrons. The summed E-state index contributed by atoms with van der Waals surface area (Å²) in [6.45, 7) is 0.588. The van der Waals surface area contributed by atoms with Gasteiger partial charge in [0.2, 0.25) is 0 Å². The molecule has 11 heteroatoms. The van der Waals surface area contributed by atoms with Crippen LogP contribution < -0.4 is 10.6 Å². The number of ether oxygens (including phenoxy) is 1. The summed E-state index contributed by atoms with van der Waals surface area (Å²) in [5.74, 6) is 1.00. The molecule has 0 spiro atoms. The number of aliphatic hydroxyl groups is 1. The summed E-state index contributed by atoms with van der Waals surface area (Å²) in [6.07, 6.45) is 5.43. The van der Waals surface area contributed by atoms with Crippen LogP contribution in [-0.2, 0) is 4.74 Å². The molecule has 1 amide bonds. The Morgan fingerprint density at radius 2 is 2.14 bits per heavy atom. The largest absolute Gasteiger partial charge is 0.391 e. The number of hydrogen-bond acceptors (Lipinski definition) is 7. The summed E-state index contributed by atoms with van der Waals surface area (Å²) in [7, 11) is 1.77. The van der Waals surface area contributed by atoms with Gasteiger partial charge in [-0.2, -0.15) is 9.61 Å². The third kappa shape index (κ3) is 3.62. The second-order valence-electron chi connectivity index (χ2n) is 9.07. The Kier molecular flexibility index (Phi) is 5.37. The van der Waals surface area contributed by atoms with Gasteiger partial charge in [0.15, 0.2) is 5.65 Å². The number of carbonyl (C=O) groups excluding carboxylic acids is 1. The Morgan fingerprint density at radius 1 is 1.26 bits per heavy atom. The van der Waals surface area contributed by atoms with Crippen molar-refractivity contribution in [2.45, 2.75) is 43.6 Å². The molecule has 1 saturated carbocycles. The third-order valence-electron chi connectivity index (χ3n) is 7.01. The highest BCUT2D eigenvalue weighted by Gasteiger charge is 2.32. The molecule has 2 aromatic heterocycles. The minimum Gasteiger partial charge on any atom is -0.391 e. The fraction of sp³-hybridized carbons (Fsp3) is 0.417. The van der Waals surface area contributed by atoms with Gasteiger partial charge in [0.1, 0.15) is 23.4 Å². The van der Waals surface area contributed by atoms with Gasteiger partial charge in [-0.15, -0.1) is 0 Å². The highest BCUT2D eigenvalue weighted by Crippen LogP contribution is 2.37. The average molecular weight is 480 g/mol. The average Bonchev–Trinajstić information content (AvgIpc) is 3.50. The van der Waals surface area contributed by atoms with Gasteiger partial charge in [0.25, 0.3) is 5.91 Å². The number of rotatable bonds is 5. The molecule has 2 aromatic rings. The van der Waals surface area contributed by atoms with Gasteiger partial charge in [-0.1, -0.05) is 0 Å². The minimum absolute atomic E-state index is 0.0787. The summed E-state index contributed by atoms with van der Waals surface area (Å²) in [5, 5.41) is 20.2. The van der Waals surface area contributed by atoms with E-state index < -0.39 is 12.3 Å². The Balaban J connectivity index is 1.40. The van der Waals surface area contributed by atoms with E-state index in [1.807, 2.05) is 29.0 Å². The van der Waals surface area contributed by atoms with Crippen LogP contribution in [0.1, 0.15) is 35.7 Å². The first kappa shape index (κ1) is 21.9. The number of amides is 1. The van der Waals surface area contributed by atoms with Crippen molar-refractivity contribution in [1.82, 2.24) is 29.5 Å². The maximum absolute atomic E-state index is 14.6. The van der Waals surface area contributed by atoms with Crippen LogP contribution in [0.15, 0.2) is 36.8 Å². The van der Waals surface area contributed by atoms with E-state index in [9.17, 15) is 14.3 Å². The van der Waals surface area contributed by atoms with E-state index in [0.717, 1.165) is 17.5 Å². The van der Waals surface area contributed by atoms with Crippen molar-refractivity contribution in [3.05, 3.63) is 42.4 Å². The highest BCUT2D eigenvalue weighted by molar-refractivity contribution is 6.00. The van der Waals surface area contributed by atoms with E-state index in [0.29, 0.717) is 48.0 Å². The van der Waals surface area contributed by atoms with Crippen molar-refractivity contribution in [3.8, 4) is 22.6 Å². The molecule has 3 N–H and O–H groups in total. The van der Waals surface area contributed by atoms with Crippen LogP contribution in [0, 0.1) is 0 Å². The molecule has 3 aliphatic heterocycles. The first-order valence-corrected chi connectivity index (χ1v) is 11.8. The van der Waals surface area contributed by atoms with E-state index in [1.165, 1.54) is 6.20 Å². The number of anilines is 1. The number of carbonyl (C=O) groups is 1. The summed E-state index contributed by atoms with van der Waals surface area (Å²) in [5.41, 5.74) is 2.95. The lowest BCUT2D eigenvalue weighted by Crippen LogP contribution is -2.50. The lowest BCUT2D eigenvalue weighted by atomic mass is 9.89. The number of aromatic nitrogens is 5. The number of hydrogen-bond donors (Lipinski definition) is 3. The first-order chi connectivity index (χ1) is 17.0. The quantitative estimate of drug-likeness (QED) is 0.402. The van der Waals surface area contributed by atoms with E-state index in [4.69, 9.17) is 9.72 Å². The Morgan fingerprint density at radius 3 is 2.89 bits per heavy atom. The van der Waals surface area contributed by atoms with Crippen LogP contribution in [0.3, 0.4) is 0 Å². The standard InChI is InChI=1S/C24H26FN7O3/c1-26-21-9-18(29-23-15(11-28-32(21)23)24(34)30-17-4-5-20(17)33)14-10-27-22-13(14)3-2-7-31(22)19-6-8-35-12-16(19)25/h2-3,7,9-11,16-17,19-20,26,33H,4-6,8,12H2,1H3,(H,30,34)/t16-,17?,19+,20?/m0/s1. The van der Waals surface area contributed by atoms with Gasteiger partial charge in [-0.05, 0) is 31.4 Å². The van der Waals surface area contributed by atoms with Crippen LogP contribution in [-0.4, -0.2) is 73.7 Å². The van der Waals surface area contributed by atoms with Crippen LogP contribution in [0.25, 0.3) is 28.3 Å². The predicted octanol–water partition coefficient (Wildman–Crippen LogP) is 2.29. The molecule has 0 radical (unpaired) electrons. The van der Waals surface area contributed by atoms with Crippen LogP contribution in [0.5, 0.6) is 0 Å². The van der Waals surface area contributed by atoms with Gasteiger partial charge in [-0.3, -0.25) is 4.79 Å². The molecule has 0 aromatic carbocycles. The summed E-state index contributed by atoms with van der Waals surface area (Å²) in [6, 6.07) is 5.07. The van der Waals surface area contributed by atoms with Gasteiger partial charge < -0.3 is 25.0 Å². The van der Waals surface area contributed by atoms with Crippen molar-refractivity contribution in [3.63, 3.8) is 0 Å². The Hall–Kier alpha value is -3.57. The maximum Gasteiger partial charge on any atom is 0.257 e. The number of alkyl halides is 1. The van der Waals surface area contributed by atoms with E-state index in [2.05, 4.69) is 20.7 Å². The van der Waals surface area contributed by atoms with Gasteiger partial charge in [0, 0.05) is 43.2 Å². The lowest BCUT2D eigenvalue weighted by molar-refractivity contribution is 0.00346. The number of nitrogens with zero attached hydrogens (tertiary/aromatic N) is 5. The fourth-order valence-electron chi connectivity index (χ4n) is 4.87. The number of fused-ring (bicyclic) bond motifs is 2. The second kappa shape index (κ2) is 8.58. The molecule has 1 saturated heterocycles. The molecule has 5 heterocycles. The van der Waals surface area contributed by atoms with E-state index in [-0.39, 0.29) is 24.6 Å². The van der Waals surface area contributed by atoms with Crippen LogP contribution >= 0.6 is 0 Å². The first-order valence-electron chi connectivity index (χ1n) is 11.8. The monoisotopic (exact) mass is 479 g/mol. The van der Waals surface area contributed by atoms with Crippen molar-refractivity contribution in [1.29, 1.82) is 0 Å². The Labute approximate surface area is 200 Å². The summed E-state index contributed by atoms with van der Waals surface area (Å²) in [4.78, 5) is 22.3. The third-order valence-corrected chi connectivity index (χ3v) is 7.01. The van der Waals surface area contributed by atoms with Crippen molar-refractivity contribution < 1.29 is 19.0 Å². The second-order valence-corrected chi connectivity index (χ2v) is 9.07. The molecular formula is C24H26FN7O3. The molecule has 1 aliphatic carbocycles. The maximum atomic E-state index is 14.6. The topological polar surface area (TPSA) is 119 Å². The van der Waals surface area contributed by atoms with Crippen LogP contribution in [0.4, 0.5) is 10.2 Å². The molecule has 2 fully saturated rings. The Bertz CT molecular complexity index is 1370. The number of aliphatic hydroxyl groups excluding tert-OH is 1. The molecular weight excluding hydrogens is 453 g/mol. The summed E-state index contributed by atoms with van der Waals surface area (Å²) >= 11 is 0. The SMILES string of the molecule is CNc1cc(-c2cnc3n([C@@H]4CCOC[C@@H]4F)cccc2-3)nc2c(C(=O)NC3CCC3O)cnn12. The zero-order chi connectivity index (χ0) is 24.1. The molecule has 35 heavy (non-hydrogen) atoms. The molecule has 2 unspecified atom stereocenters. The predicted molar refractivity (Wildman–Crippen MR) is 126 cm³/mol. The normalized spacial score (nSPS) is 24.4. The van der Waals surface area contributed by atoms with Gasteiger partial charge in [0.05, 0.1) is 36.7 Å². The zero-order valence-electron chi connectivity index (χ0n) is 19.2. The van der Waals surface area contributed by atoms with Crippen molar-refractivity contribution in [2.24, 2.45) is 0 Å². The number of nitrogens with one attached hydrogen (secondary N) is 2. The molecule has 0 bridgehead atoms.